The van der Waals surface area contributed by atoms with E-state index in [1.54, 1.807) is 7.11 Å². The van der Waals surface area contributed by atoms with Gasteiger partial charge in [0, 0.05) is 31.3 Å². The van der Waals surface area contributed by atoms with Crippen molar-refractivity contribution in [2.24, 2.45) is 0 Å². The highest BCUT2D eigenvalue weighted by atomic mass is 35.5. The number of aryl methyl sites for hydroxylation is 1. The summed E-state index contributed by atoms with van der Waals surface area (Å²) in [6.07, 6.45) is 4.65. The summed E-state index contributed by atoms with van der Waals surface area (Å²) in [5.74, 6) is 1.62. The molecule has 4 heteroatoms. The molecule has 0 aliphatic heterocycles. The number of anilines is 1. The molecule has 0 radical (unpaired) electrons. The number of ether oxygens (including phenoxy) is 1. The molecule has 0 N–H and O–H groups in total. The van der Waals surface area contributed by atoms with Crippen LogP contribution in [0.3, 0.4) is 0 Å². The third kappa shape index (κ3) is 4.08. The van der Waals surface area contributed by atoms with Crippen LogP contribution < -0.4 is 4.90 Å². The summed E-state index contributed by atoms with van der Waals surface area (Å²) in [4.78, 5) is 7.17. The molecule has 0 aromatic carbocycles. The van der Waals surface area contributed by atoms with Gasteiger partial charge in [-0.2, -0.15) is 0 Å². The van der Waals surface area contributed by atoms with Crippen molar-refractivity contribution < 1.29 is 4.74 Å². The molecule has 1 aliphatic rings. The van der Waals surface area contributed by atoms with Gasteiger partial charge in [0.05, 0.1) is 6.61 Å². The first-order valence-corrected chi connectivity index (χ1v) is 7.63. The summed E-state index contributed by atoms with van der Waals surface area (Å²) < 4.78 is 5.21. The standard InChI is InChI=1S/C15H23ClN2O/c1-3-4-13-9-12(11-16)10-15(17-13)18(7-8-19-2)14-5-6-14/h9-10,14H,3-8,11H2,1-2H3. The van der Waals surface area contributed by atoms with E-state index in [0.29, 0.717) is 11.9 Å². The monoisotopic (exact) mass is 282 g/mol. The lowest BCUT2D eigenvalue weighted by atomic mass is 10.1. The average molecular weight is 283 g/mol. The van der Waals surface area contributed by atoms with Gasteiger partial charge in [-0.3, -0.25) is 0 Å². The average Bonchev–Trinajstić information content (AvgIpc) is 3.24. The first-order valence-electron chi connectivity index (χ1n) is 7.09. The fourth-order valence-electron chi connectivity index (χ4n) is 2.30. The maximum atomic E-state index is 6.00. The van der Waals surface area contributed by atoms with Crippen molar-refractivity contribution in [1.82, 2.24) is 4.98 Å². The van der Waals surface area contributed by atoms with Crippen molar-refractivity contribution >= 4 is 17.4 Å². The molecule has 0 unspecified atom stereocenters. The zero-order valence-corrected chi connectivity index (χ0v) is 12.6. The van der Waals surface area contributed by atoms with Crippen molar-refractivity contribution in [2.45, 2.75) is 44.5 Å². The molecule has 0 bridgehead atoms. The molecule has 1 aromatic heterocycles. The van der Waals surface area contributed by atoms with E-state index < -0.39 is 0 Å². The minimum Gasteiger partial charge on any atom is -0.383 e. The Hall–Kier alpha value is -0.800. The summed E-state index contributed by atoms with van der Waals surface area (Å²) in [5, 5.41) is 0. The molecule has 0 saturated heterocycles. The van der Waals surface area contributed by atoms with Crippen molar-refractivity contribution in [3.8, 4) is 0 Å². The lowest BCUT2D eigenvalue weighted by Gasteiger charge is -2.24. The number of nitrogens with zero attached hydrogens (tertiary/aromatic N) is 2. The Balaban J connectivity index is 2.21. The van der Waals surface area contributed by atoms with E-state index >= 15 is 0 Å². The van der Waals surface area contributed by atoms with Crippen LogP contribution in [0.2, 0.25) is 0 Å². The summed E-state index contributed by atoms with van der Waals surface area (Å²) in [7, 11) is 1.75. The largest absolute Gasteiger partial charge is 0.383 e. The Bertz CT molecular complexity index is 407. The predicted octanol–water partition coefficient (Wildman–Crippen LogP) is 3.39. The summed E-state index contributed by atoms with van der Waals surface area (Å²) in [6.45, 7) is 3.83. The SMILES string of the molecule is CCCc1cc(CCl)cc(N(CCOC)C2CC2)n1. The topological polar surface area (TPSA) is 25.4 Å². The second-order valence-electron chi connectivity index (χ2n) is 5.13. The molecule has 1 saturated carbocycles. The second kappa shape index (κ2) is 7.11. The highest BCUT2D eigenvalue weighted by Crippen LogP contribution is 2.31. The van der Waals surface area contributed by atoms with Gasteiger partial charge in [-0.1, -0.05) is 13.3 Å². The predicted molar refractivity (Wildman–Crippen MR) is 80.0 cm³/mol. The third-order valence-corrected chi connectivity index (χ3v) is 3.71. The van der Waals surface area contributed by atoms with Gasteiger partial charge in [-0.05, 0) is 37.0 Å². The summed E-state index contributed by atoms with van der Waals surface area (Å²) >= 11 is 6.00. The van der Waals surface area contributed by atoms with Gasteiger partial charge in [0.25, 0.3) is 0 Å². The summed E-state index contributed by atoms with van der Waals surface area (Å²) in [5.41, 5.74) is 2.32. The normalized spacial score (nSPS) is 14.7. The van der Waals surface area contributed by atoms with Crippen molar-refractivity contribution in [2.75, 3.05) is 25.2 Å². The lowest BCUT2D eigenvalue weighted by molar-refractivity contribution is 0.204. The Morgan fingerprint density at radius 1 is 1.42 bits per heavy atom. The first kappa shape index (κ1) is 14.6. The Labute approximate surface area is 120 Å². The second-order valence-corrected chi connectivity index (χ2v) is 5.39. The lowest BCUT2D eigenvalue weighted by Crippen LogP contribution is -2.30. The van der Waals surface area contributed by atoms with Crippen LogP contribution in [0.5, 0.6) is 0 Å². The van der Waals surface area contributed by atoms with Gasteiger partial charge < -0.3 is 9.64 Å². The molecule has 0 spiro atoms. The Morgan fingerprint density at radius 2 is 2.21 bits per heavy atom. The number of halogens is 1. The zero-order valence-electron chi connectivity index (χ0n) is 11.9. The van der Waals surface area contributed by atoms with E-state index in [1.807, 2.05) is 0 Å². The maximum Gasteiger partial charge on any atom is 0.129 e. The van der Waals surface area contributed by atoms with E-state index in [9.17, 15) is 0 Å². The molecule has 19 heavy (non-hydrogen) atoms. The van der Waals surface area contributed by atoms with Crippen molar-refractivity contribution in [3.05, 3.63) is 23.4 Å². The number of rotatable bonds is 8. The molecule has 1 aromatic rings. The van der Waals surface area contributed by atoms with E-state index in [1.165, 1.54) is 12.8 Å². The molecular formula is C15H23ClN2O. The zero-order chi connectivity index (χ0) is 13.7. The number of hydrogen-bond donors (Lipinski definition) is 0. The van der Waals surface area contributed by atoms with Crippen LogP contribution in [0.4, 0.5) is 5.82 Å². The van der Waals surface area contributed by atoms with Gasteiger partial charge >= 0.3 is 0 Å². The van der Waals surface area contributed by atoms with Crippen molar-refractivity contribution in [3.63, 3.8) is 0 Å². The molecule has 2 rings (SSSR count). The van der Waals surface area contributed by atoms with Crippen molar-refractivity contribution in [1.29, 1.82) is 0 Å². The number of alkyl halides is 1. The fourth-order valence-corrected chi connectivity index (χ4v) is 2.46. The highest BCUT2D eigenvalue weighted by molar-refractivity contribution is 6.17. The van der Waals surface area contributed by atoms with Crippen LogP contribution in [-0.2, 0) is 17.0 Å². The third-order valence-electron chi connectivity index (χ3n) is 3.40. The molecule has 106 valence electrons. The molecule has 0 atom stereocenters. The van der Waals surface area contributed by atoms with Crippen LogP contribution in [-0.4, -0.2) is 31.3 Å². The Kier molecular flexibility index (Phi) is 5.46. The first-order chi connectivity index (χ1) is 9.28. The molecular weight excluding hydrogens is 260 g/mol. The van der Waals surface area contributed by atoms with E-state index in [4.69, 9.17) is 21.3 Å². The van der Waals surface area contributed by atoms with E-state index in [2.05, 4.69) is 24.0 Å². The Morgan fingerprint density at radius 3 is 2.79 bits per heavy atom. The van der Waals surface area contributed by atoms with E-state index in [0.717, 1.165) is 43.1 Å². The van der Waals surface area contributed by atoms with Gasteiger partial charge in [0.15, 0.2) is 0 Å². The van der Waals surface area contributed by atoms with Crippen LogP contribution in [0.1, 0.15) is 37.4 Å². The minimum atomic E-state index is 0.551. The number of pyridine rings is 1. The highest BCUT2D eigenvalue weighted by Gasteiger charge is 2.30. The number of hydrogen-bond acceptors (Lipinski definition) is 3. The number of methoxy groups -OCH3 is 1. The van der Waals surface area contributed by atoms with Gasteiger partial charge in [0.2, 0.25) is 0 Å². The van der Waals surface area contributed by atoms with Gasteiger partial charge in [0.1, 0.15) is 5.82 Å². The van der Waals surface area contributed by atoms with Crippen LogP contribution in [0.15, 0.2) is 12.1 Å². The van der Waals surface area contributed by atoms with Crippen LogP contribution in [0, 0.1) is 0 Å². The van der Waals surface area contributed by atoms with Gasteiger partial charge in [-0.15, -0.1) is 11.6 Å². The maximum absolute atomic E-state index is 6.00. The molecule has 1 heterocycles. The molecule has 3 nitrogen and oxygen atoms in total. The molecule has 0 amide bonds. The van der Waals surface area contributed by atoms with Gasteiger partial charge in [-0.25, -0.2) is 4.98 Å². The van der Waals surface area contributed by atoms with Crippen LogP contribution >= 0.6 is 11.6 Å². The summed E-state index contributed by atoms with van der Waals surface area (Å²) in [6, 6.07) is 4.89. The quantitative estimate of drug-likeness (QED) is 0.684. The number of aromatic nitrogens is 1. The fraction of sp³-hybridized carbons (Fsp3) is 0.667. The van der Waals surface area contributed by atoms with Crippen LogP contribution in [0.25, 0.3) is 0 Å². The molecule has 1 fully saturated rings. The smallest absolute Gasteiger partial charge is 0.129 e. The van der Waals surface area contributed by atoms with E-state index in [-0.39, 0.29) is 0 Å². The minimum absolute atomic E-state index is 0.551. The molecule has 1 aliphatic carbocycles.